The Hall–Kier alpha value is -2.82. The van der Waals surface area contributed by atoms with Crippen LogP contribution in [0.15, 0.2) is 52.8 Å². The molecule has 110 valence electrons. The van der Waals surface area contributed by atoms with Crippen molar-refractivity contribution in [3.05, 3.63) is 59.4 Å². The zero-order valence-corrected chi connectivity index (χ0v) is 12.7. The molecule has 0 amide bonds. The molecule has 2 heterocycles. The summed E-state index contributed by atoms with van der Waals surface area (Å²) in [5, 5.41) is 8.56. The molecule has 22 heavy (non-hydrogen) atoms. The van der Waals surface area contributed by atoms with Crippen LogP contribution in [0.2, 0.25) is 0 Å². The van der Waals surface area contributed by atoms with E-state index in [4.69, 9.17) is 0 Å². The van der Waals surface area contributed by atoms with E-state index in [2.05, 4.69) is 15.2 Å². The maximum Gasteiger partial charge on any atom is 0.182 e. The maximum absolute atomic E-state index is 11.3. The fourth-order valence-electron chi connectivity index (χ4n) is 2.24. The fourth-order valence-corrected chi connectivity index (χ4v) is 2.24. The highest BCUT2D eigenvalue weighted by molar-refractivity contribution is 5.94. The average Bonchev–Trinajstić information content (AvgIpc) is 2.80. The molecule has 0 aliphatic heterocycles. The number of ketones is 1. The van der Waals surface area contributed by atoms with Crippen molar-refractivity contribution in [3.8, 4) is 0 Å². The lowest BCUT2D eigenvalue weighted by Gasteiger charge is -1.99. The monoisotopic (exact) mass is 292 g/mol. The molecule has 0 N–H and O–H groups in total. The summed E-state index contributed by atoms with van der Waals surface area (Å²) < 4.78 is 1.93. The number of carbonyl (C=O) groups excluding carboxylic acids is 1. The molecular weight excluding hydrogens is 276 g/mol. The molecule has 2 aromatic heterocycles. The van der Waals surface area contributed by atoms with Crippen LogP contribution in [0.4, 0.5) is 11.5 Å². The molecule has 0 aliphatic carbocycles. The second-order valence-corrected chi connectivity index (χ2v) is 5.26. The van der Waals surface area contributed by atoms with Gasteiger partial charge in [-0.15, -0.1) is 10.2 Å². The number of pyridine rings is 1. The molecule has 0 saturated heterocycles. The summed E-state index contributed by atoms with van der Waals surface area (Å²) in [6.45, 7) is 5.48. The van der Waals surface area contributed by atoms with Gasteiger partial charge in [0.2, 0.25) is 0 Å². The van der Waals surface area contributed by atoms with Crippen molar-refractivity contribution in [1.29, 1.82) is 0 Å². The van der Waals surface area contributed by atoms with E-state index in [9.17, 15) is 4.79 Å². The van der Waals surface area contributed by atoms with Crippen molar-refractivity contribution < 1.29 is 4.79 Å². The van der Waals surface area contributed by atoms with Crippen molar-refractivity contribution in [2.45, 2.75) is 20.8 Å². The highest BCUT2D eigenvalue weighted by Gasteiger charge is 2.07. The molecule has 0 aliphatic rings. The first-order chi connectivity index (χ1) is 10.5. The number of imidazole rings is 1. The minimum Gasteiger partial charge on any atom is -0.295 e. The third kappa shape index (κ3) is 2.65. The van der Waals surface area contributed by atoms with Crippen molar-refractivity contribution in [2.24, 2.45) is 10.2 Å². The molecule has 1 aromatic carbocycles. The number of Topliss-reactive ketones (excluding diaryl/α,β-unsaturated/α-hetero) is 1. The van der Waals surface area contributed by atoms with Crippen LogP contribution in [0, 0.1) is 13.8 Å². The quantitative estimate of drug-likeness (QED) is 0.524. The van der Waals surface area contributed by atoms with Crippen LogP contribution in [0.1, 0.15) is 28.5 Å². The van der Waals surface area contributed by atoms with Gasteiger partial charge in [0.05, 0.1) is 11.4 Å². The van der Waals surface area contributed by atoms with Crippen LogP contribution < -0.4 is 0 Å². The number of hydrogen-bond acceptors (Lipinski definition) is 4. The molecule has 5 nitrogen and oxygen atoms in total. The van der Waals surface area contributed by atoms with E-state index in [0.29, 0.717) is 17.1 Å². The smallest absolute Gasteiger partial charge is 0.182 e. The van der Waals surface area contributed by atoms with Crippen LogP contribution in [-0.4, -0.2) is 15.2 Å². The van der Waals surface area contributed by atoms with Crippen LogP contribution in [-0.2, 0) is 0 Å². The Morgan fingerprint density at radius 1 is 1.05 bits per heavy atom. The van der Waals surface area contributed by atoms with Gasteiger partial charge in [-0.3, -0.25) is 9.20 Å². The van der Waals surface area contributed by atoms with Crippen molar-refractivity contribution in [1.82, 2.24) is 9.38 Å². The lowest BCUT2D eigenvalue weighted by Crippen LogP contribution is -1.89. The van der Waals surface area contributed by atoms with E-state index in [0.717, 1.165) is 16.9 Å². The zero-order chi connectivity index (χ0) is 15.7. The van der Waals surface area contributed by atoms with Crippen molar-refractivity contribution in [2.75, 3.05) is 0 Å². The Morgan fingerprint density at radius 3 is 2.45 bits per heavy atom. The number of aryl methyl sites for hydroxylation is 2. The number of carbonyl (C=O) groups is 1. The summed E-state index contributed by atoms with van der Waals surface area (Å²) in [7, 11) is 0. The molecule has 0 spiro atoms. The zero-order valence-electron chi connectivity index (χ0n) is 12.7. The second-order valence-electron chi connectivity index (χ2n) is 5.26. The van der Waals surface area contributed by atoms with E-state index in [-0.39, 0.29) is 5.78 Å². The summed E-state index contributed by atoms with van der Waals surface area (Å²) in [5.41, 5.74) is 4.18. The average molecular weight is 292 g/mol. The standard InChI is InChI=1S/C17H16N4O/c1-11-4-9-16-18-12(2)17(21(16)10-11)20-19-15-7-5-14(6-8-15)13(3)22/h4-10H,1-3H3. The summed E-state index contributed by atoms with van der Waals surface area (Å²) in [6.07, 6.45) is 1.99. The predicted molar refractivity (Wildman–Crippen MR) is 85.3 cm³/mol. The Balaban J connectivity index is 1.96. The highest BCUT2D eigenvalue weighted by Crippen LogP contribution is 2.24. The Morgan fingerprint density at radius 2 is 1.77 bits per heavy atom. The van der Waals surface area contributed by atoms with Gasteiger partial charge in [0, 0.05) is 11.8 Å². The number of rotatable bonds is 3. The fraction of sp³-hybridized carbons (Fsp3) is 0.176. The highest BCUT2D eigenvalue weighted by atomic mass is 16.1. The van der Waals surface area contributed by atoms with Crippen LogP contribution in [0.3, 0.4) is 0 Å². The van der Waals surface area contributed by atoms with Gasteiger partial charge in [0.25, 0.3) is 0 Å². The second kappa shape index (κ2) is 5.52. The molecule has 0 radical (unpaired) electrons. The summed E-state index contributed by atoms with van der Waals surface area (Å²) in [5.74, 6) is 0.755. The summed E-state index contributed by atoms with van der Waals surface area (Å²) >= 11 is 0. The largest absolute Gasteiger partial charge is 0.295 e. The molecule has 0 fully saturated rings. The minimum atomic E-state index is 0.0385. The van der Waals surface area contributed by atoms with E-state index in [1.807, 2.05) is 36.6 Å². The minimum absolute atomic E-state index is 0.0385. The van der Waals surface area contributed by atoms with Gasteiger partial charge in [0.1, 0.15) is 5.65 Å². The van der Waals surface area contributed by atoms with Gasteiger partial charge in [-0.1, -0.05) is 6.07 Å². The van der Waals surface area contributed by atoms with Gasteiger partial charge in [-0.2, -0.15) is 0 Å². The van der Waals surface area contributed by atoms with Crippen molar-refractivity contribution >= 4 is 22.9 Å². The molecule has 0 bridgehead atoms. The van der Waals surface area contributed by atoms with Crippen LogP contribution in [0.25, 0.3) is 5.65 Å². The van der Waals surface area contributed by atoms with Gasteiger partial charge in [-0.05, 0) is 56.7 Å². The number of azo groups is 1. The normalized spacial score (nSPS) is 11.4. The van der Waals surface area contributed by atoms with E-state index in [1.54, 1.807) is 31.2 Å². The number of benzene rings is 1. The Kier molecular flexibility index (Phi) is 3.55. The first-order valence-electron chi connectivity index (χ1n) is 7.02. The summed E-state index contributed by atoms with van der Waals surface area (Å²) in [4.78, 5) is 15.7. The van der Waals surface area contributed by atoms with E-state index >= 15 is 0 Å². The van der Waals surface area contributed by atoms with Crippen LogP contribution >= 0.6 is 0 Å². The lowest BCUT2D eigenvalue weighted by molar-refractivity contribution is 0.101. The molecule has 0 unspecified atom stereocenters. The van der Waals surface area contributed by atoms with Gasteiger partial charge >= 0.3 is 0 Å². The Bertz CT molecular complexity index is 876. The first kappa shape index (κ1) is 14.1. The van der Waals surface area contributed by atoms with Crippen LogP contribution in [0.5, 0.6) is 0 Å². The molecule has 0 saturated carbocycles. The molecule has 3 rings (SSSR count). The number of aromatic nitrogens is 2. The molecule has 3 aromatic rings. The summed E-state index contributed by atoms with van der Waals surface area (Å²) in [6, 6.07) is 11.0. The number of fused-ring (bicyclic) bond motifs is 1. The van der Waals surface area contributed by atoms with Gasteiger partial charge in [0.15, 0.2) is 11.6 Å². The number of nitrogens with zero attached hydrogens (tertiary/aromatic N) is 4. The molecular formula is C17H16N4O. The maximum atomic E-state index is 11.3. The molecule has 5 heteroatoms. The van der Waals surface area contributed by atoms with E-state index in [1.165, 1.54) is 0 Å². The lowest BCUT2D eigenvalue weighted by atomic mass is 10.1. The van der Waals surface area contributed by atoms with Gasteiger partial charge in [-0.25, -0.2) is 4.98 Å². The third-order valence-electron chi connectivity index (χ3n) is 3.44. The van der Waals surface area contributed by atoms with Gasteiger partial charge < -0.3 is 0 Å². The Labute approximate surface area is 128 Å². The predicted octanol–water partition coefficient (Wildman–Crippen LogP) is 4.57. The third-order valence-corrected chi connectivity index (χ3v) is 3.44. The topological polar surface area (TPSA) is 59.1 Å². The van der Waals surface area contributed by atoms with Crippen molar-refractivity contribution in [3.63, 3.8) is 0 Å². The molecule has 0 atom stereocenters. The first-order valence-corrected chi connectivity index (χ1v) is 7.02. The number of hydrogen-bond donors (Lipinski definition) is 0. The SMILES string of the molecule is CC(=O)c1ccc(N=Nc2c(C)nc3ccc(C)cn23)cc1. The van der Waals surface area contributed by atoms with E-state index < -0.39 is 0 Å².